The Morgan fingerprint density at radius 1 is 1.14 bits per heavy atom. The predicted octanol–water partition coefficient (Wildman–Crippen LogP) is 1.49. The van der Waals surface area contributed by atoms with E-state index in [0.29, 0.717) is 11.1 Å². The number of Topliss-reactive ketones (excluding diaryl/α,β-unsaturated/α-hetero) is 1. The summed E-state index contributed by atoms with van der Waals surface area (Å²) in [5.41, 5.74) is -5.09. The van der Waals surface area contributed by atoms with Gasteiger partial charge in [-0.3, -0.25) is 10.1 Å². The maximum absolute atomic E-state index is 14.3. The first kappa shape index (κ1) is 33.0. The molecule has 3 fully saturated rings. The van der Waals surface area contributed by atoms with Gasteiger partial charge in [0.05, 0.1) is 43.0 Å². The van der Waals surface area contributed by atoms with Gasteiger partial charge in [-0.25, -0.2) is 9.68 Å². The fraction of sp³-hybridized carbons (Fsp3) is 0.688. The average Bonchev–Trinajstić information content (AvgIpc) is 2.99. The largest absolute Gasteiger partial charge is 0.453 e. The van der Waals surface area contributed by atoms with Crippen molar-refractivity contribution in [1.82, 2.24) is 5.32 Å². The molecule has 10 unspecified atom stereocenters. The van der Waals surface area contributed by atoms with E-state index in [1.807, 2.05) is 0 Å². The molecule has 244 valence electrons. The Morgan fingerprint density at radius 3 is 2.32 bits per heavy atom. The van der Waals surface area contributed by atoms with Crippen LogP contribution in [0.5, 0.6) is 0 Å². The number of amides is 1. The van der Waals surface area contributed by atoms with Crippen molar-refractivity contribution in [3.8, 4) is 0 Å². The Hall–Kier alpha value is -2.42. The maximum Gasteiger partial charge on any atom is 0.407 e. The highest BCUT2D eigenvalue weighted by Crippen LogP contribution is 2.65. The number of carbonyl (C=O) groups is 2. The molecule has 1 amide bonds. The van der Waals surface area contributed by atoms with Crippen LogP contribution in [0.1, 0.15) is 59.1 Å². The van der Waals surface area contributed by atoms with Gasteiger partial charge in [0.15, 0.2) is 5.78 Å². The molecule has 1 heterocycles. The summed E-state index contributed by atoms with van der Waals surface area (Å²) in [5, 5.41) is 72.5. The summed E-state index contributed by atoms with van der Waals surface area (Å²) in [6.07, 6.45) is -7.82. The van der Waals surface area contributed by atoms with Gasteiger partial charge in [-0.05, 0) is 37.3 Å². The van der Waals surface area contributed by atoms with Crippen LogP contribution in [0, 0.1) is 28.6 Å². The molecule has 0 radical (unpaired) electrons. The SMILES string of the molecule is COC(=O)NC(c1ccccc1)C(O)[C@H](OO)C1CC2(O)C(C)C3C4(O)COC4CC(O)[C@@]3(C)C(=O)C(O)C(=C1C)C2(C)C. The van der Waals surface area contributed by atoms with Crippen molar-refractivity contribution in [2.45, 2.75) is 95.2 Å². The van der Waals surface area contributed by atoms with E-state index in [0.717, 1.165) is 0 Å². The summed E-state index contributed by atoms with van der Waals surface area (Å²) >= 11 is 0. The number of aliphatic hydroxyl groups is 5. The number of aliphatic hydroxyl groups excluding tert-OH is 3. The zero-order valence-electron chi connectivity index (χ0n) is 25.9. The zero-order valence-corrected chi connectivity index (χ0v) is 25.9. The molecule has 5 rings (SSSR count). The minimum Gasteiger partial charge on any atom is -0.453 e. The van der Waals surface area contributed by atoms with Crippen molar-refractivity contribution >= 4 is 11.9 Å². The van der Waals surface area contributed by atoms with Crippen LogP contribution in [0.25, 0.3) is 0 Å². The number of ketones is 1. The summed E-state index contributed by atoms with van der Waals surface area (Å²) in [6.45, 7) is 8.23. The van der Waals surface area contributed by atoms with Crippen molar-refractivity contribution in [3.63, 3.8) is 0 Å². The molecule has 44 heavy (non-hydrogen) atoms. The van der Waals surface area contributed by atoms with Crippen LogP contribution in [-0.2, 0) is 19.2 Å². The molecule has 12 heteroatoms. The van der Waals surface area contributed by atoms with Crippen molar-refractivity contribution < 1.29 is 54.7 Å². The van der Waals surface area contributed by atoms with Gasteiger partial charge in [0.25, 0.3) is 0 Å². The lowest BCUT2D eigenvalue weighted by Gasteiger charge is -2.67. The Labute approximate surface area is 256 Å². The molecule has 1 aromatic rings. The molecule has 3 aliphatic carbocycles. The number of hydrogen-bond acceptors (Lipinski definition) is 11. The van der Waals surface area contributed by atoms with E-state index in [-0.39, 0.29) is 25.0 Å². The molecule has 4 aliphatic rings. The minimum absolute atomic E-state index is 0.00214. The normalized spacial score (nSPS) is 41.6. The van der Waals surface area contributed by atoms with E-state index in [4.69, 9.17) is 14.4 Å². The lowest BCUT2D eigenvalue weighted by Crippen LogP contribution is -2.78. The molecule has 12 nitrogen and oxygen atoms in total. The number of benzene rings is 1. The second-order valence-electron chi connectivity index (χ2n) is 13.9. The van der Waals surface area contributed by atoms with Gasteiger partial charge in [-0.1, -0.05) is 56.7 Å². The van der Waals surface area contributed by atoms with Crippen molar-refractivity contribution in [3.05, 3.63) is 47.0 Å². The highest BCUT2D eigenvalue weighted by atomic mass is 17.1. The number of hydrogen-bond donors (Lipinski definition) is 7. The smallest absolute Gasteiger partial charge is 0.407 e. The highest BCUT2D eigenvalue weighted by Gasteiger charge is 2.74. The molecule has 0 aromatic heterocycles. The first-order valence-electron chi connectivity index (χ1n) is 15.1. The zero-order chi connectivity index (χ0) is 32.6. The topological polar surface area (TPSA) is 195 Å². The fourth-order valence-corrected chi connectivity index (χ4v) is 9.20. The van der Waals surface area contributed by atoms with Gasteiger partial charge in [-0.2, -0.15) is 0 Å². The van der Waals surface area contributed by atoms with E-state index >= 15 is 0 Å². The Balaban J connectivity index is 1.66. The molecule has 1 aromatic carbocycles. The van der Waals surface area contributed by atoms with Crippen LogP contribution >= 0.6 is 0 Å². The number of carbonyl (C=O) groups excluding carboxylic acids is 2. The second-order valence-corrected chi connectivity index (χ2v) is 13.9. The summed E-state index contributed by atoms with van der Waals surface area (Å²) in [6, 6.07) is 7.39. The summed E-state index contributed by atoms with van der Waals surface area (Å²) < 4.78 is 10.4. The van der Waals surface area contributed by atoms with Crippen molar-refractivity contribution in [1.29, 1.82) is 0 Å². The Morgan fingerprint density at radius 2 is 1.77 bits per heavy atom. The number of ether oxygens (including phenoxy) is 2. The second kappa shape index (κ2) is 11.1. The van der Waals surface area contributed by atoms with E-state index in [1.54, 1.807) is 58.0 Å². The standard InChI is InChI=1S/C32H45NO11/c1-15-18(25(44-41)24(36)22(33-28(38)42-6)17-10-8-7-9-11-17)13-32(40)16(2)26-30(5,19(34)12-20-31(26,39)14-43-20)27(37)23(35)21(15)29(32,3)4/h7-11,16,18-20,22-26,34-36,39-41H,12-14H2,1-6H3,(H,33,38)/t16?,18?,19?,20?,22?,23?,24?,25-,26?,30-,31?,32?/m1/s1. The molecule has 2 saturated carbocycles. The first-order valence-corrected chi connectivity index (χ1v) is 15.1. The molecule has 7 N–H and O–H groups in total. The molecule has 0 spiro atoms. The fourth-order valence-electron chi connectivity index (χ4n) is 9.20. The third-order valence-electron chi connectivity index (χ3n) is 11.8. The Kier molecular flexibility index (Phi) is 8.34. The molecular weight excluding hydrogens is 574 g/mol. The molecule has 1 saturated heterocycles. The van der Waals surface area contributed by atoms with E-state index in [1.165, 1.54) is 14.0 Å². The number of fused-ring (bicyclic) bond motifs is 5. The quantitative estimate of drug-likeness (QED) is 0.138. The van der Waals surface area contributed by atoms with Crippen LogP contribution in [0.4, 0.5) is 4.79 Å². The monoisotopic (exact) mass is 619 g/mol. The average molecular weight is 620 g/mol. The van der Waals surface area contributed by atoms with Crippen LogP contribution in [-0.4, -0.2) is 98.1 Å². The van der Waals surface area contributed by atoms with Crippen LogP contribution in [0.15, 0.2) is 41.5 Å². The van der Waals surface area contributed by atoms with E-state index < -0.39 is 88.2 Å². The maximum atomic E-state index is 14.3. The summed E-state index contributed by atoms with van der Waals surface area (Å²) in [5.74, 6) is -3.53. The molecular formula is C32H45NO11. The molecule has 1 aliphatic heterocycles. The van der Waals surface area contributed by atoms with Gasteiger partial charge in [-0.15, -0.1) is 0 Å². The van der Waals surface area contributed by atoms with Crippen molar-refractivity contribution in [2.24, 2.45) is 28.6 Å². The van der Waals surface area contributed by atoms with E-state index in [2.05, 4.69) is 5.32 Å². The van der Waals surface area contributed by atoms with Crippen LogP contribution in [0.2, 0.25) is 0 Å². The summed E-state index contributed by atoms with van der Waals surface area (Å²) in [7, 11) is 1.17. The number of rotatable bonds is 6. The van der Waals surface area contributed by atoms with Gasteiger partial charge in [0.2, 0.25) is 0 Å². The Bertz CT molecular complexity index is 1320. The molecule has 2 bridgehead atoms. The molecule has 12 atom stereocenters. The summed E-state index contributed by atoms with van der Waals surface area (Å²) in [4.78, 5) is 31.6. The predicted molar refractivity (Wildman–Crippen MR) is 155 cm³/mol. The lowest BCUT2D eigenvalue weighted by atomic mass is 9.42. The van der Waals surface area contributed by atoms with Crippen LogP contribution < -0.4 is 5.32 Å². The minimum atomic E-state index is -1.79. The van der Waals surface area contributed by atoms with Crippen molar-refractivity contribution in [2.75, 3.05) is 13.7 Å². The van der Waals surface area contributed by atoms with E-state index in [9.17, 15) is 40.4 Å². The van der Waals surface area contributed by atoms with Gasteiger partial charge < -0.3 is 40.3 Å². The first-order chi connectivity index (χ1) is 20.5. The number of methoxy groups -OCH3 is 1. The number of alkyl carbamates (subject to hydrolysis) is 1. The van der Waals surface area contributed by atoms with Crippen LogP contribution in [0.3, 0.4) is 0 Å². The van der Waals surface area contributed by atoms with Gasteiger partial charge >= 0.3 is 6.09 Å². The number of nitrogens with one attached hydrogen (secondary N) is 1. The highest BCUT2D eigenvalue weighted by molar-refractivity contribution is 5.93. The van der Waals surface area contributed by atoms with Gasteiger partial charge in [0, 0.05) is 23.7 Å². The third kappa shape index (κ3) is 4.41. The third-order valence-corrected chi connectivity index (χ3v) is 11.8. The lowest BCUT2D eigenvalue weighted by molar-refractivity contribution is -0.339. The van der Waals surface area contributed by atoms with Gasteiger partial charge in [0.1, 0.15) is 23.9 Å².